The van der Waals surface area contributed by atoms with Gasteiger partial charge in [0, 0.05) is 33.6 Å². The van der Waals surface area contributed by atoms with Crippen molar-refractivity contribution in [3.63, 3.8) is 0 Å². The van der Waals surface area contributed by atoms with E-state index in [0.29, 0.717) is 21.8 Å². The lowest BCUT2D eigenvalue weighted by molar-refractivity contribution is -0.134. The number of benzene rings is 3. The van der Waals surface area contributed by atoms with E-state index in [9.17, 15) is 40.4 Å². The highest BCUT2D eigenvalue weighted by Crippen LogP contribution is 2.59. The summed E-state index contributed by atoms with van der Waals surface area (Å²) in [6.45, 7) is 3.75. The number of fused-ring (bicyclic) bond motifs is 2. The summed E-state index contributed by atoms with van der Waals surface area (Å²) in [7, 11) is -6.07. The van der Waals surface area contributed by atoms with E-state index in [0.717, 1.165) is 18.6 Å². The van der Waals surface area contributed by atoms with Crippen molar-refractivity contribution in [3.8, 4) is 5.75 Å². The Morgan fingerprint density at radius 1 is 1.00 bits per heavy atom. The van der Waals surface area contributed by atoms with Crippen molar-refractivity contribution in [3.05, 3.63) is 92.7 Å². The number of carbonyl (C=O) groups excluding carboxylic acids is 3. The van der Waals surface area contributed by atoms with Gasteiger partial charge in [-0.2, -0.15) is 21.6 Å². The Morgan fingerprint density at radius 2 is 1.65 bits per heavy atom. The number of anilines is 1. The van der Waals surface area contributed by atoms with Gasteiger partial charge in [0.15, 0.2) is 5.60 Å². The zero-order valence-corrected chi connectivity index (χ0v) is 26.5. The zero-order valence-electron chi connectivity index (χ0n) is 24.2. The lowest BCUT2D eigenvalue weighted by Crippen LogP contribution is -2.57. The Kier molecular flexibility index (Phi) is 8.31. The van der Waals surface area contributed by atoms with Crippen LogP contribution in [0.5, 0.6) is 5.75 Å². The van der Waals surface area contributed by atoms with Gasteiger partial charge in [0.05, 0.1) is 6.04 Å². The van der Waals surface area contributed by atoms with Gasteiger partial charge in [0.1, 0.15) is 17.0 Å². The average Bonchev–Trinajstić information content (AvgIpc) is 3.22. The predicted octanol–water partition coefficient (Wildman–Crippen LogP) is 5.80. The molecule has 1 fully saturated rings. The van der Waals surface area contributed by atoms with Gasteiger partial charge < -0.3 is 15.4 Å². The Hall–Kier alpha value is -3.88. The first-order chi connectivity index (χ1) is 21.3. The van der Waals surface area contributed by atoms with Gasteiger partial charge in [0.25, 0.3) is 5.91 Å². The molecule has 0 radical (unpaired) electrons. The molecule has 3 N–H and O–H groups in total. The summed E-state index contributed by atoms with van der Waals surface area (Å²) in [6, 6.07) is 11.4. The fraction of sp³-hybridized carbons (Fsp3) is 0.300. The van der Waals surface area contributed by atoms with Crippen molar-refractivity contribution in [1.29, 1.82) is 0 Å². The minimum atomic E-state index is -6.07. The second-order valence-electron chi connectivity index (χ2n) is 11.4. The maximum atomic E-state index is 14.7. The summed E-state index contributed by atoms with van der Waals surface area (Å²) in [4.78, 5) is 40.6. The van der Waals surface area contributed by atoms with Crippen molar-refractivity contribution in [2.24, 2.45) is 0 Å². The fourth-order valence-corrected chi connectivity index (χ4v) is 6.91. The molecule has 3 aromatic carbocycles. The van der Waals surface area contributed by atoms with Gasteiger partial charge in [-0.05, 0) is 79.9 Å². The summed E-state index contributed by atoms with van der Waals surface area (Å²) in [5.41, 5.74) is -8.08. The van der Waals surface area contributed by atoms with Crippen molar-refractivity contribution < 1.29 is 45.1 Å². The van der Waals surface area contributed by atoms with Crippen LogP contribution < -0.4 is 20.1 Å². The molecule has 1 saturated heterocycles. The second-order valence-corrected chi connectivity index (χ2v) is 14.0. The minimum Gasteiger partial charge on any atom is -0.478 e. The van der Waals surface area contributed by atoms with E-state index in [1.54, 1.807) is 13.0 Å². The summed E-state index contributed by atoms with van der Waals surface area (Å²) in [5.74, 6) is -4.73. The van der Waals surface area contributed by atoms with Crippen LogP contribution in [-0.2, 0) is 29.8 Å². The number of hydrogen-bond acceptors (Lipinski definition) is 6. The van der Waals surface area contributed by atoms with Gasteiger partial charge in [-0.3, -0.25) is 14.4 Å². The molecular formula is C30H25Cl2F4N3O6S. The third-order valence-electron chi connectivity index (χ3n) is 8.09. The van der Waals surface area contributed by atoms with E-state index < -0.39 is 62.0 Å². The van der Waals surface area contributed by atoms with E-state index in [4.69, 9.17) is 27.9 Å². The van der Waals surface area contributed by atoms with Crippen LogP contribution >= 0.6 is 23.2 Å². The first kappa shape index (κ1) is 33.5. The summed E-state index contributed by atoms with van der Waals surface area (Å²) >= 11 is 12.6. The maximum absolute atomic E-state index is 14.7. The summed E-state index contributed by atoms with van der Waals surface area (Å²) < 4.78 is 83.9. The molecule has 3 atom stereocenters. The van der Waals surface area contributed by atoms with Gasteiger partial charge in [-0.25, -0.2) is 9.11 Å². The molecule has 2 aliphatic heterocycles. The van der Waals surface area contributed by atoms with Gasteiger partial charge >= 0.3 is 15.5 Å². The van der Waals surface area contributed by atoms with Crippen LogP contribution in [0.3, 0.4) is 0 Å². The molecule has 0 aliphatic carbocycles. The molecule has 3 amide bonds. The molecule has 0 bridgehead atoms. The van der Waals surface area contributed by atoms with Crippen LogP contribution in [0.15, 0.2) is 54.6 Å². The highest BCUT2D eigenvalue weighted by Gasteiger charge is 2.62. The molecule has 46 heavy (non-hydrogen) atoms. The third kappa shape index (κ3) is 5.66. The number of piperidine rings is 1. The molecular weight excluding hydrogens is 677 g/mol. The van der Waals surface area contributed by atoms with Gasteiger partial charge in [0.2, 0.25) is 11.8 Å². The fourth-order valence-electron chi connectivity index (χ4n) is 5.95. The molecule has 0 aromatic heterocycles. The molecule has 0 unspecified atom stereocenters. The topological polar surface area (TPSA) is 131 Å². The average molecular weight is 703 g/mol. The number of ether oxygens (including phenoxy) is 1. The van der Waals surface area contributed by atoms with Crippen molar-refractivity contribution in [2.75, 3.05) is 5.32 Å². The zero-order chi connectivity index (χ0) is 34.0. The standard InChI is InChI=1S/C30H25Cl2F4N3O6S/c1-14-4-7-17(33)12-18(14)25-29(20-8-5-16(32)11-22(20)37-27(29)42)21(13-24(40)38-25)19-10-15(31)6-9-23(19)45-28(2,3)26(41)39-46(43,44)30(34,35)36/h4-12,21,25H,13H2,1-3H3,(H,37,42)(H,38,40)(H,39,41)/t21-,25+,29-/m1/s1. The first-order valence-corrected chi connectivity index (χ1v) is 15.8. The van der Waals surface area contributed by atoms with E-state index in [1.165, 1.54) is 48.5 Å². The lowest BCUT2D eigenvalue weighted by atomic mass is 9.59. The van der Waals surface area contributed by atoms with Gasteiger partial charge in [-0.15, -0.1) is 0 Å². The van der Waals surface area contributed by atoms with Crippen molar-refractivity contribution in [1.82, 2.24) is 10.0 Å². The quantitative estimate of drug-likeness (QED) is 0.279. The number of rotatable bonds is 6. The smallest absolute Gasteiger partial charge is 0.478 e. The number of halogens is 6. The molecule has 0 saturated carbocycles. The van der Waals surface area contributed by atoms with Crippen LogP contribution in [0.25, 0.3) is 0 Å². The Labute approximate surface area is 270 Å². The molecule has 9 nitrogen and oxygen atoms in total. The Balaban J connectivity index is 1.71. The number of amides is 3. The highest BCUT2D eigenvalue weighted by atomic mass is 35.5. The molecule has 2 aliphatic rings. The number of alkyl halides is 3. The van der Waals surface area contributed by atoms with Crippen LogP contribution in [0.2, 0.25) is 10.0 Å². The van der Waals surface area contributed by atoms with E-state index >= 15 is 0 Å². The number of sulfonamides is 1. The van der Waals surface area contributed by atoms with E-state index in [1.807, 2.05) is 0 Å². The maximum Gasteiger partial charge on any atom is 0.516 e. The number of carbonyl (C=O) groups is 3. The largest absolute Gasteiger partial charge is 0.516 e. The Morgan fingerprint density at radius 3 is 2.33 bits per heavy atom. The molecule has 16 heteroatoms. The Bertz CT molecular complexity index is 1900. The normalized spacial score (nSPS) is 21.4. The highest BCUT2D eigenvalue weighted by molar-refractivity contribution is 7.90. The molecule has 2 heterocycles. The summed E-state index contributed by atoms with van der Waals surface area (Å²) in [5, 5.41) is 6.06. The third-order valence-corrected chi connectivity index (χ3v) is 9.63. The van der Waals surface area contributed by atoms with E-state index in [2.05, 4.69) is 10.6 Å². The van der Waals surface area contributed by atoms with Crippen molar-refractivity contribution in [2.45, 2.75) is 55.7 Å². The second kappa shape index (κ2) is 11.4. The monoisotopic (exact) mass is 701 g/mol. The minimum absolute atomic E-state index is 0.0962. The number of aryl methyl sites for hydroxylation is 1. The summed E-state index contributed by atoms with van der Waals surface area (Å²) in [6.07, 6.45) is -0.355. The number of hydrogen-bond donors (Lipinski definition) is 3. The molecule has 244 valence electrons. The van der Waals surface area contributed by atoms with Crippen LogP contribution in [-0.4, -0.2) is 37.2 Å². The predicted molar refractivity (Wildman–Crippen MR) is 160 cm³/mol. The SMILES string of the molecule is Cc1ccc(F)cc1[C@@H]1NC(=O)C[C@H](c2cc(Cl)ccc2OC(C)(C)C(=O)NS(=O)(=O)C(F)(F)F)[C@@]12C(=O)Nc1cc(Cl)ccc12. The van der Waals surface area contributed by atoms with E-state index in [-0.39, 0.29) is 28.3 Å². The molecule has 1 spiro atoms. The molecule has 5 rings (SSSR count). The number of nitrogens with one attached hydrogen (secondary N) is 3. The van der Waals surface area contributed by atoms with Crippen LogP contribution in [0.4, 0.5) is 23.2 Å². The lowest BCUT2D eigenvalue weighted by Gasteiger charge is -2.47. The van der Waals surface area contributed by atoms with Gasteiger partial charge in [-0.1, -0.05) is 35.3 Å². The van der Waals surface area contributed by atoms with Crippen LogP contribution in [0.1, 0.15) is 54.5 Å². The van der Waals surface area contributed by atoms with Crippen molar-refractivity contribution >= 4 is 56.6 Å². The first-order valence-electron chi connectivity index (χ1n) is 13.6. The van der Waals surface area contributed by atoms with Crippen LogP contribution in [0, 0.1) is 12.7 Å². The molecule has 3 aromatic rings.